The molecule has 9 saturated carbocycles. The van der Waals surface area contributed by atoms with Crippen molar-refractivity contribution in [1.29, 1.82) is 0 Å². The maximum Gasteiger partial charge on any atom is 0.331 e. The summed E-state index contributed by atoms with van der Waals surface area (Å²) in [6.07, 6.45) is 12.0. The number of aliphatic hydroxyl groups excluding tert-OH is 3. The zero-order valence-electron chi connectivity index (χ0n) is 44.7. The van der Waals surface area contributed by atoms with E-state index in [1.165, 1.54) is 18.4 Å². The lowest BCUT2D eigenvalue weighted by atomic mass is 9.31. The number of likely N-dealkylation sites (N-methyl/N-ethyl adjacent to an activating group) is 1. The molecule has 13 aliphatic rings. The van der Waals surface area contributed by atoms with E-state index >= 15 is 15.0 Å². The Morgan fingerprint density at radius 2 is 1.63 bits per heavy atom. The third-order valence-electron chi connectivity index (χ3n) is 25.7. The van der Waals surface area contributed by atoms with Gasteiger partial charge in [0.15, 0.2) is 0 Å². The zero-order valence-corrected chi connectivity index (χ0v) is 44.7. The van der Waals surface area contributed by atoms with Crippen LogP contribution in [0.3, 0.4) is 0 Å². The van der Waals surface area contributed by atoms with E-state index in [-0.39, 0.29) is 79.3 Å². The summed E-state index contributed by atoms with van der Waals surface area (Å²) >= 11 is 0. The number of aliphatic hydroxyl groups is 6. The van der Waals surface area contributed by atoms with Crippen molar-refractivity contribution in [2.75, 3.05) is 7.05 Å². The van der Waals surface area contributed by atoms with Crippen LogP contribution in [0, 0.1) is 117 Å². The molecule has 1 heterocycles. The Bertz CT molecular complexity index is 2840. The molecular weight excluding hydrogens is 951 g/mol. The molecule has 23 atom stereocenters. The van der Waals surface area contributed by atoms with Gasteiger partial charge in [-0.1, -0.05) is 92.8 Å². The van der Waals surface area contributed by atoms with Crippen LogP contribution >= 0.6 is 0 Å². The van der Waals surface area contributed by atoms with E-state index in [1.54, 1.807) is 6.08 Å². The lowest BCUT2D eigenvalue weighted by Crippen LogP contribution is -2.87. The molecular formula is C66H81NO9. The van der Waals surface area contributed by atoms with Gasteiger partial charge in [-0.15, -0.1) is 5.92 Å². The average Bonchev–Trinajstić information content (AvgIpc) is 3.88. The van der Waals surface area contributed by atoms with Crippen molar-refractivity contribution >= 4 is 12.3 Å². The highest BCUT2D eigenvalue weighted by atomic mass is 16.5. The molecule has 0 saturated heterocycles. The highest BCUT2D eigenvalue weighted by molar-refractivity contribution is 5.86. The lowest BCUT2D eigenvalue weighted by molar-refractivity contribution is -0.391. The summed E-state index contributed by atoms with van der Waals surface area (Å²) in [6, 6.07) is 16.5. The normalized spacial score (nSPS) is 49.7. The fourth-order valence-corrected chi connectivity index (χ4v) is 22.9. The van der Waals surface area contributed by atoms with Crippen LogP contribution in [0.4, 0.5) is 0 Å². The van der Waals surface area contributed by atoms with Crippen molar-refractivity contribution in [3.8, 4) is 23.7 Å². The van der Waals surface area contributed by atoms with E-state index in [1.807, 2.05) is 25.2 Å². The van der Waals surface area contributed by atoms with Crippen LogP contribution < -0.4 is 5.32 Å². The standard InChI is InChI=1S/C66H81NO9/c1-37(38-12-6-7-13-38)41-21-23-52-59(71)61-27-25-47-46(45(22-24-51(47)61)39-14-4-3-5-15-39)20-11-18-42-32-62-26-9-8-16-40-17-10-19-43(34-68)48(40)30-54(67-2)49-28-44(56(62)50-31-55(70)76-57(49)50)33-64(62,73)66(75)58(42)63(35-61,36-69)65(52,74)53(29-41)60(66)72/h3-5,10,14-15,17,19,31,36-38,41-42,44-47,49,51-54,56-60,67-68,71-75H,6-7,9,12-13,20-30,32-35H2,1-2H3. The van der Waals surface area contributed by atoms with E-state index in [0.717, 1.165) is 67.1 Å². The van der Waals surface area contributed by atoms with E-state index < -0.39 is 86.9 Å². The van der Waals surface area contributed by atoms with Crippen molar-refractivity contribution in [3.05, 3.63) is 82.4 Å². The number of aldehydes is 1. The number of carbonyl (C=O) groups excluding carboxylic acids is 2. The summed E-state index contributed by atoms with van der Waals surface area (Å²) in [6.45, 7) is 2.20. The van der Waals surface area contributed by atoms with Gasteiger partial charge in [-0.2, -0.15) is 0 Å². The van der Waals surface area contributed by atoms with E-state index in [2.05, 4.69) is 66.3 Å². The highest BCUT2D eigenvalue weighted by Gasteiger charge is 2.88. The van der Waals surface area contributed by atoms with Crippen molar-refractivity contribution in [2.24, 2.45) is 93.2 Å². The molecule has 0 aromatic heterocycles. The van der Waals surface area contributed by atoms with Crippen LogP contribution in [0.2, 0.25) is 0 Å². The zero-order chi connectivity index (χ0) is 52.3. The molecule has 2 aromatic rings. The maximum atomic E-state index is 15.6. The second-order valence-electron chi connectivity index (χ2n) is 27.5. The monoisotopic (exact) mass is 1030 g/mol. The quantitative estimate of drug-likeness (QED) is 0.0868. The van der Waals surface area contributed by atoms with E-state index in [9.17, 15) is 25.2 Å². The molecule has 9 fully saturated rings. The first-order valence-electron chi connectivity index (χ1n) is 30.1. The number of rotatable bonds is 6. The average molecular weight is 1030 g/mol. The molecule has 2 spiro atoms. The van der Waals surface area contributed by atoms with Crippen LogP contribution in [0.1, 0.15) is 151 Å². The molecule has 23 unspecified atom stereocenters. The first-order valence-corrected chi connectivity index (χ1v) is 30.1. The Hall–Kier alpha value is -3.84. The first kappa shape index (κ1) is 50.4. The molecule has 76 heavy (non-hydrogen) atoms. The number of hydrogen-bond donors (Lipinski definition) is 7. The Morgan fingerprint density at radius 3 is 2.41 bits per heavy atom. The van der Waals surface area contributed by atoms with Gasteiger partial charge < -0.3 is 45.5 Å². The second-order valence-corrected chi connectivity index (χ2v) is 27.5. The molecule has 7 N–H and O–H groups in total. The summed E-state index contributed by atoms with van der Waals surface area (Å²) < 4.78 is 6.43. The molecule has 404 valence electrons. The predicted molar refractivity (Wildman–Crippen MR) is 285 cm³/mol. The van der Waals surface area contributed by atoms with Crippen molar-refractivity contribution in [3.63, 3.8) is 0 Å². The Kier molecular flexibility index (Phi) is 11.8. The lowest BCUT2D eigenvalue weighted by Gasteiger charge is -2.76. The van der Waals surface area contributed by atoms with E-state index in [4.69, 9.17) is 4.74 Å². The second kappa shape index (κ2) is 17.8. The molecule has 9 bridgehead atoms. The Balaban J connectivity index is 1.01. The van der Waals surface area contributed by atoms with Gasteiger partial charge in [0, 0.05) is 70.9 Å². The summed E-state index contributed by atoms with van der Waals surface area (Å²) in [5.41, 5.74) is -5.21. The van der Waals surface area contributed by atoms with Crippen molar-refractivity contribution in [1.82, 2.24) is 5.32 Å². The fourth-order valence-electron chi connectivity index (χ4n) is 22.9. The van der Waals surface area contributed by atoms with Crippen LogP contribution in [-0.2, 0) is 27.4 Å². The number of ether oxygens (including phenoxy) is 1. The van der Waals surface area contributed by atoms with E-state index in [0.29, 0.717) is 57.3 Å². The number of fused-ring (bicyclic) bond motifs is 4. The van der Waals surface area contributed by atoms with Gasteiger partial charge in [-0.25, -0.2) is 4.79 Å². The number of esters is 1. The smallest absolute Gasteiger partial charge is 0.331 e. The van der Waals surface area contributed by atoms with Gasteiger partial charge in [0.1, 0.15) is 23.6 Å². The van der Waals surface area contributed by atoms with Crippen LogP contribution in [0.15, 0.2) is 60.2 Å². The molecule has 2 aromatic carbocycles. The maximum absolute atomic E-state index is 15.6. The van der Waals surface area contributed by atoms with Gasteiger partial charge in [-0.05, 0) is 172 Å². The SMILES string of the molecule is CNC1Cc2c(cccc2CO)C#CCCC23CC4C#CCC5C(c6ccccc6)CCC6C5CCC65CC6(C=O)C4C(O)(C(O)C4CC(C(C)C7CCCC7)CCC(C5O)C46O)C2(O)CC2CC1C1OC(=O)C=C1C23. The summed E-state index contributed by atoms with van der Waals surface area (Å²) in [5.74, 6) is 11.2. The highest BCUT2D eigenvalue weighted by Crippen LogP contribution is 2.81. The minimum Gasteiger partial charge on any atom is -0.454 e. The molecule has 12 aliphatic carbocycles. The van der Waals surface area contributed by atoms with Gasteiger partial charge in [0.2, 0.25) is 0 Å². The van der Waals surface area contributed by atoms with Crippen LogP contribution in [0.25, 0.3) is 0 Å². The summed E-state index contributed by atoms with van der Waals surface area (Å²) in [5, 5.41) is 87.0. The third-order valence-corrected chi connectivity index (χ3v) is 25.7. The topological polar surface area (TPSA) is 177 Å². The fraction of sp³-hybridized carbons (Fsp3) is 0.697. The number of carbonyl (C=O) groups is 2. The third kappa shape index (κ3) is 6.39. The van der Waals surface area contributed by atoms with Gasteiger partial charge >= 0.3 is 5.97 Å². The van der Waals surface area contributed by atoms with Crippen LogP contribution in [-0.4, -0.2) is 91.1 Å². The molecule has 15 rings (SSSR count). The minimum atomic E-state index is -2.35. The molecule has 10 nitrogen and oxygen atoms in total. The first-order chi connectivity index (χ1) is 36.7. The Labute approximate surface area is 449 Å². The minimum absolute atomic E-state index is 0.0533. The molecule has 0 amide bonds. The van der Waals surface area contributed by atoms with Gasteiger partial charge in [-0.3, -0.25) is 0 Å². The largest absolute Gasteiger partial charge is 0.454 e. The van der Waals surface area contributed by atoms with Gasteiger partial charge in [0.05, 0.1) is 29.8 Å². The van der Waals surface area contributed by atoms with Gasteiger partial charge in [0.25, 0.3) is 0 Å². The number of benzene rings is 2. The number of nitrogens with one attached hydrogen (secondary N) is 1. The van der Waals surface area contributed by atoms with Crippen molar-refractivity contribution in [2.45, 2.75) is 183 Å². The summed E-state index contributed by atoms with van der Waals surface area (Å²) in [7, 11) is 1.92. The van der Waals surface area contributed by atoms with Crippen LogP contribution in [0.5, 0.6) is 0 Å². The predicted octanol–water partition coefficient (Wildman–Crippen LogP) is 7.58. The van der Waals surface area contributed by atoms with Crippen molar-refractivity contribution < 1.29 is 45.0 Å². The number of hydrogen-bond acceptors (Lipinski definition) is 10. The molecule has 1 aliphatic heterocycles. The molecule has 0 radical (unpaired) electrons. The summed E-state index contributed by atoms with van der Waals surface area (Å²) in [4.78, 5) is 29.6. The molecule has 10 heteroatoms. The Morgan fingerprint density at radius 1 is 0.829 bits per heavy atom.